The van der Waals surface area contributed by atoms with Crippen LogP contribution < -0.4 is 9.47 Å². The molecule has 2 unspecified atom stereocenters. The largest absolute Gasteiger partial charge is 0.493 e. The Morgan fingerprint density at radius 3 is 2.62 bits per heavy atom. The van der Waals surface area contributed by atoms with Crippen LogP contribution in [0.15, 0.2) is 18.2 Å². The van der Waals surface area contributed by atoms with Gasteiger partial charge in [0.05, 0.1) is 13.7 Å². The standard InChI is InChI=1S/C18H26O3/c1-5-14-15(11-16(14)19)13-6-7-17(18(10-13)20-4)21-9-8-12(2)3/h6-7,10,12,14-15H,5,8-9,11H2,1-4H3. The van der Waals surface area contributed by atoms with Crippen molar-refractivity contribution in [1.29, 1.82) is 0 Å². The third-order valence-corrected chi connectivity index (χ3v) is 4.33. The van der Waals surface area contributed by atoms with E-state index >= 15 is 0 Å². The SMILES string of the molecule is CCC1C(=O)CC1c1ccc(OCCC(C)C)c(OC)c1. The summed E-state index contributed by atoms with van der Waals surface area (Å²) in [7, 11) is 1.66. The number of ketones is 1. The summed E-state index contributed by atoms with van der Waals surface area (Å²) in [6.07, 6.45) is 2.60. The molecule has 1 saturated carbocycles. The first-order valence-electron chi connectivity index (χ1n) is 7.90. The maximum Gasteiger partial charge on any atom is 0.161 e. The van der Waals surface area contributed by atoms with Crippen molar-refractivity contribution in [3.8, 4) is 11.5 Å². The summed E-state index contributed by atoms with van der Waals surface area (Å²) in [5.41, 5.74) is 1.19. The predicted molar refractivity (Wildman–Crippen MR) is 84.1 cm³/mol. The molecule has 3 nitrogen and oxygen atoms in total. The molecule has 0 heterocycles. The van der Waals surface area contributed by atoms with E-state index in [9.17, 15) is 4.79 Å². The first-order valence-corrected chi connectivity index (χ1v) is 7.90. The predicted octanol–water partition coefficient (Wildman–Crippen LogP) is 4.20. The molecule has 0 spiro atoms. The van der Waals surface area contributed by atoms with Crippen LogP contribution in [0.4, 0.5) is 0 Å². The van der Waals surface area contributed by atoms with Gasteiger partial charge in [-0.25, -0.2) is 0 Å². The molecule has 3 heteroatoms. The summed E-state index contributed by atoms with van der Waals surface area (Å²) < 4.78 is 11.3. The zero-order valence-corrected chi connectivity index (χ0v) is 13.5. The summed E-state index contributed by atoms with van der Waals surface area (Å²) >= 11 is 0. The summed E-state index contributed by atoms with van der Waals surface area (Å²) in [4.78, 5) is 11.6. The lowest BCUT2D eigenvalue weighted by atomic mass is 9.68. The Hall–Kier alpha value is -1.51. The lowest BCUT2D eigenvalue weighted by molar-refractivity contribution is -0.131. The first kappa shape index (κ1) is 15.9. The fraction of sp³-hybridized carbons (Fsp3) is 0.611. The minimum atomic E-state index is 0.183. The highest BCUT2D eigenvalue weighted by Crippen LogP contribution is 2.43. The van der Waals surface area contributed by atoms with Gasteiger partial charge in [-0.05, 0) is 36.5 Å². The molecule has 1 fully saturated rings. The van der Waals surface area contributed by atoms with Crippen LogP contribution in [0, 0.1) is 11.8 Å². The van der Waals surface area contributed by atoms with Gasteiger partial charge >= 0.3 is 0 Å². The second kappa shape index (κ2) is 6.97. The van der Waals surface area contributed by atoms with Crippen LogP contribution in [0.5, 0.6) is 11.5 Å². The van der Waals surface area contributed by atoms with E-state index in [-0.39, 0.29) is 5.92 Å². The molecule has 1 aromatic carbocycles. The number of methoxy groups -OCH3 is 1. The average molecular weight is 290 g/mol. The van der Waals surface area contributed by atoms with Crippen molar-refractivity contribution in [2.24, 2.45) is 11.8 Å². The molecule has 116 valence electrons. The lowest BCUT2D eigenvalue weighted by Crippen LogP contribution is -2.34. The molecule has 0 aromatic heterocycles. The number of carbonyl (C=O) groups excluding carboxylic acids is 1. The number of benzene rings is 1. The maximum atomic E-state index is 11.6. The number of Topliss-reactive ketones (excluding diaryl/α,β-unsaturated/α-hetero) is 1. The van der Waals surface area contributed by atoms with Crippen LogP contribution in [0.2, 0.25) is 0 Å². The summed E-state index contributed by atoms with van der Waals surface area (Å²) in [6, 6.07) is 6.08. The van der Waals surface area contributed by atoms with Gasteiger partial charge in [0.25, 0.3) is 0 Å². The van der Waals surface area contributed by atoms with E-state index in [0.717, 1.165) is 24.3 Å². The fourth-order valence-electron chi connectivity index (χ4n) is 2.88. The second-order valence-electron chi connectivity index (χ2n) is 6.23. The number of hydrogen-bond donors (Lipinski definition) is 0. The fourth-order valence-corrected chi connectivity index (χ4v) is 2.88. The van der Waals surface area contributed by atoms with Crippen molar-refractivity contribution in [2.75, 3.05) is 13.7 Å². The highest BCUT2D eigenvalue weighted by atomic mass is 16.5. The topological polar surface area (TPSA) is 35.5 Å². The Labute approximate surface area is 127 Å². The molecule has 0 N–H and O–H groups in total. The molecule has 2 atom stereocenters. The molecule has 1 aliphatic rings. The molecule has 1 aromatic rings. The summed E-state index contributed by atoms with van der Waals surface area (Å²) in [6.45, 7) is 7.15. The molecular weight excluding hydrogens is 264 g/mol. The number of carbonyl (C=O) groups is 1. The van der Waals surface area contributed by atoms with Gasteiger partial charge in [-0.1, -0.05) is 26.8 Å². The monoisotopic (exact) mass is 290 g/mol. The second-order valence-corrected chi connectivity index (χ2v) is 6.23. The lowest BCUT2D eigenvalue weighted by Gasteiger charge is -2.35. The van der Waals surface area contributed by atoms with Crippen molar-refractivity contribution in [3.05, 3.63) is 23.8 Å². The van der Waals surface area contributed by atoms with Crippen LogP contribution >= 0.6 is 0 Å². The molecular formula is C18H26O3. The van der Waals surface area contributed by atoms with Crippen molar-refractivity contribution >= 4 is 5.78 Å². The highest BCUT2D eigenvalue weighted by Gasteiger charge is 2.39. The third-order valence-electron chi connectivity index (χ3n) is 4.33. The zero-order chi connectivity index (χ0) is 15.4. The Morgan fingerprint density at radius 1 is 1.29 bits per heavy atom. The Morgan fingerprint density at radius 2 is 2.05 bits per heavy atom. The van der Waals surface area contributed by atoms with Gasteiger partial charge in [0.15, 0.2) is 11.5 Å². The molecule has 0 aliphatic heterocycles. The summed E-state index contributed by atoms with van der Waals surface area (Å²) in [5.74, 6) is 3.11. The van der Waals surface area contributed by atoms with Gasteiger partial charge in [-0.15, -0.1) is 0 Å². The van der Waals surface area contributed by atoms with E-state index < -0.39 is 0 Å². The smallest absolute Gasteiger partial charge is 0.161 e. The Kier molecular flexibility index (Phi) is 5.27. The van der Waals surface area contributed by atoms with Gasteiger partial charge in [0.1, 0.15) is 5.78 Å². The van der Waals surface area contributed by atoms with E-state index in [1.807, 2.05) is 12.1 Å². The van der Waals surface area contributed by atoms with Gasteiger partial charge < -0.3 is 9.47 Å². The molecule has 0 radical (unpaired) electrons. The van der Waals surface area contributed by atoms with Gasteiger partial charge in [0.2, 0.25) is 0 Å². The van der Waals surface area contributed by atoms with Crippen molar-refractivity contribution in [2.45, 2.75) is 46.0 Å². The minimum absolute atomic E-state index is 0.183. The maximum absolute atomic E-state index is 11.6. The van der Waals surface area contributed by atoms with E-state index in [1.54, 1.807) is 7.11 Å². The van der Waals surface area contributed by atoms with Crippen molar-refractivity contribution in [3.63, 3.8) is 0 Å². The molecule has 21 heavy (non-hydrogen) atoms. The zero-order valence-electron chi connectivity index (χ0n) is 13.5. The minimum Gasteiger partial charge on any atom is -0.493 e. The van der Waals surface area contributed by atoms with Gasteiger partial charge in [-0.2, -0.15) is 0 Å². The van der Waals surface area contributed by atoms with E-state index in [4.69, 9.17) is 9.47 Å². The van der Waals surface area contributed by atoms with Gasteiger partial charge in [-0.3, -0.25) is 4.79 Å². The van der Waals surface area contributed by atoms with Crippen LogP contribution in [0.25, 0.3) is 0 Å². The quantitative estimate of drug-likeness (QED) is 0.755. The molecule has 0 saturated heterocycles. The van der Waals surface area contributed by atoms with E-state index in [0.29, 0.717) is 30.6 Å². The number of ether oxygens (including phenoxy) is 2. The van der Waals surface area contributed by atoms with Crippen LogP contribution in [0.3, 0.4) is 0 Å². The van der Waals surface area contributed by atoms with E-state index in [2.05, 4.69) is 26.8 Å². The third kappa shape index (κ3) is 3.58. The Balaban J connectivity index is 2.07. The number of hydrogen-bond acceptors (Lipinski definition) is 3. The summed E-state index contributed by atoms with van der Waals surface area (Å²) in [5, 5.41) is 0. The molecule has 0 bridgehead atoms. The molecule has 1 aliphatic carbocycles. The van der Waals surface area contributed by atoms with Crippen LogP contribution in [-0.2, 0) is 4.79 Å². The first-order chi connectivity index (χ1) is 10.1. The normalized spacial score (nSPS) is 21.3. The average Bonchev–Trinajstić information content (AvgIpc) is 2.45. The molecule has 0 amide bonds. The van der Waals surface area contributed by atoms with Gasteiger partial charge in [0, 0.05) is 18.3 Å². The van der Waals surface area contributed by atoms with E-state index in [1.165, 1.54) is 5.56 Å². The van der Waals surface area contributed by atoms with Crippen molar-refractivity contribution < 1.29 is 14.3 Å². The van der Waals surface area contributed by atoms with Crippen LogP contribution in [0.1, 0.15) is 51.5 Å². The Bertz CT molecular complexity index is 493. The number of rotatable bonds is 7. The highest BCUT2D eigenvalue weighted by molar-refractivity contribution is 5.89. The van der Waals surface area contributed by atoms with Crippen molar-refractivity contribution in [1.82, 2.24) is 0 Å². The van der Waals surface area contributed by atoms with Crippen LogP contribution in [-0.4, -0.2) is 19.5 Å². The molecule has 2 rings (SSSR count).